The molecule has 4 heteroatoms. The molecule has 3 rings (SSSR count). The van der Waals surface area contributed by atoms with Gasteiger partial charge >= 0.3 is 0 Å². The quantitative estimate of drug-likeness (QED) is 0.904. The van der Waals surface area contributed by atoms with Crippen molar-refractivity contribution in [3.05, 3.63) is 35.9 Å². The Balaban J connectivity index is 1.50. The van der Waals surface area contributed by atoms with Crippen LogP contribution >= 0.6 is 0 Å². The fourth-order valence-electron chi connectivity index (χ4n) is 3.21. The predicted molar refractivity (Wildman–Crippen MR) is 86.8 cm³/mol. The maximum atomic E-state index is 12.3. The van der Waals surface area contributed by atoms with Crippen LogP contribution < -0.4 is 5.32 Å². The Labute approximate surface area is 132 Å². The molecule has 0 aromatic heterocycles. The summed E-state index contributed by atoms with van der Waals surface area (Å²) in [6, 6.07) is 10.8. The third kappa shape index (κ3) is 3.50. The molecule has 1 N–H and O–H groups in total. The lowest BCUT2D eigenvalue weighted by Gasteiger charge is -2.36. The van der Waals surface area contributed by atoms with Crippen LogP contribution in [0.4, 0.5) is 0 Å². The smallest absolute Gasteiger partial charge is 0.234 e. The fraction of sp³-hybridized carbons (Fsp3) is 0.611. The van der Waals surface area contributed by atoms with Gasteiger partial charge in [-0.25, -0.2) is 0 Å². The minimum Gasteiger partial charge on any atom is -0.376 e. The molecule has 22 heavy (non-hydrogen) atoms. The Bertz CT molecular complexity index is 513. The Morgan fingerprint density at radius 1 is 1.32 bits per heavy atom. The van der Waals surface area contributed by atoms with E-state index < -0.39 is 0 Å². The van der Waals surface area contributed by atoms with Gasteiger partial charge in [-0.3, -0.25) is 9.69 Å². The summed E-state index contributed by atoms with van der Waals surface area (Å²) in [7, 11) is 0. The lowest BCUT2D eigenvalue weighted by molar-refractivity contribution is -0.126. The van der Waals surface area contributed by atoms with Gasteiger partial charge in [-0.15, -0.1) is 0 Å². The van der Waals surface area contributed by atoms with E-state index in [0.29, 0.717) is 19.2 Å². The number of carbonyl (C=O) groups is 1. The maximum absolute atomic E-state index is 12.3. The number of benzene rings is 1. The number of amides is 1. The van der Waals surface area contributed by atoms with E-state index in [9.17, 15) is 4.79 Å². The lowest BCUT2D eigenvalue weighted by Crippen LogP contribution is -2.51. The number of morpholine rings is 1. The highest BCUT2D eigenvalue weighted by molar-refractivity contribution is 5.78. The van der Waals surface area contributed by atoms with Crippen molar-refractivity contribution in [3.63, 3.8) is 0 Å². The zero-order valence-corrected chi connectivity index (χ0v) is 13.5. The van der Waals surface area contributed by atoms with Gasteiger partial charge < -0.3 is 10.1 Å². The molecule has 1 heterocycles. The molecule has 1 saturated carbocycles. The van der Waals surface area contributed by atoms with Crippen molar-refractivity contribution in [1.82, 2.24) is 10.2 Å². The van der Waals surface area contributed by atoms with E-state index in [-0.39, 0.29) is 17.4 Å². The molecular weight excluding hydrogens is 276 g/mol. The van der Waals surface area contributed by atoms with Crippen LogP contribution in [-0.4, -0.2) is 49.2 Å². The molecule has 1 amide bonds. The number of nitrogens with one attached hydrogen (secondary N) is 1. The third-order valence-corrected chi connectivity index (χ3v) is 4.95. The topological polar surface area (TPSA) is 41.6 Å². The monoisotopic (exact) mass is 302 g/mol. The number of ether oxygens (including phenoxy) is 1. The molecule has 0 bridgehead atoms. The summed E-state index contributed by atoms with van der Waals surface area (Å²) in [6.45, 7) is 6.95. The first kappa shape index (κ1) is 15.5. The second kappa shape index (κ2) is 6.39. The Kier molecular flexibility index (Phi) is 4.50. The van der Waals surface area contributed by atoms with Gasteiger partial charge in [0.1, 0.15) is 0 Å². The molecule has 0 radical (unpaired) electrons. The van der Waals surface area contributed by atoms with Crippen molar-refractivity contribution < 1.29 is 9.53 Å². The van der Waals surface area contributed by atoms with Crippen LogP contribution in [0.1, 0.15) is 32.3 Å². The van der Waals surface area contributed by atoms with Crippen molar-refractivity contribution in [2.75, 3.05) is 26.2 Å². The number of carbonyl (C=O) groups excluding carboxylic acids is 1. The number of hydrogen-bond donors (Lipinski definition) is 1. The predicted octanol–water partition coefficient (Wildman–Crippen LogP) is 1.94. The zero-order valence-electron chi connectivity index (χ0n) is 13.5. The van der Waals surface area contributed by atoms with Gasteiger partial charge in [0.05, 0.1) is 19.3 Å². The van der Waals surface area contributed by atoms with Crippen LogP contribution in [0.25, 0.3) is 0 Å². The van der Waals surface area contributed by atoms with E-state index in [2.05, 4.69) is 48.3 Å². The molecule has 2 aliphatic rings. The molecule has 0 spiro atoms. The van der Waals surface area contributed by atoms with E-state index in [0.717, 1.165) is 13.1 Å². The van der Waals surface area contributed by atoms with Crippen LogP contribution in [0, 0.1) is 0 Å². The molecule has 1 aromatic rings. The van der Waals surface area contributed by atoms with Crippen molar-refractivity contribution in [2.24, 2.45) is 0 Å². The van der Waals surface area contributed by atoms with Crippen molar-refractivity contribution in [1.29, 1.82) is 0 Å². The molecule has 2 atom stereocenters. The number of rotatable bonds is 5. The molecule has 1 saturated heterocycles. The van der Waals surface area contributed by atoms with E-state index in [1.807, 2.05) is 6.07 Å². The van der Waals surface area contributed by atoms with Crippen LogP contribution in [-0.2, 0) is 14.9 Å². The van der Waals surface area contributed by atoms with Gasteiger partial charge in [-0.05, 0) is 32.3 Å². The largest absolute Gasteiger partial charge is 0.376 e. The SMILES string of the molecule is CC1CN(CC(=O)NCC2(c3ccccc3)CC2)C(C)CO1. The van der Waals surface area contributed by atoms with Gasteiger partial charge in [-0.2, -0.15) is 0 Å². The maximum Gasteiger partial charge on any atom is 0.234 e. The summed E-state index contributed by atoms with van der Waals surface area (Å²) in [5, 5.41) is 3.15. The highest BCUT2D eigenvalue weighted by Gasteiger charge is 2.44. The van der Waals surface area contributed by atoms with Crippen LogP contribution in [0.2, 0.25) is 0 Å². The average molecular weight is 302 g/mol. The van der Waals surface area contributed by atoms with Gasteiger partial charge in [0.15, 0.2) is 0 Å². The van der Waals surface area contributed by atoms with E-state index >= 15 is 0 Å². The fourth-order valence-corrected chi connectivity index (χ4v) is 3.21. The van der Waals surface area contributed by atoms with E-state index in [1.54, 1.807) is 0 Å². The molecule has 4 nitrogen and oxygen atoms in total. The first-order valence-electron chi connectivity index (χ1n) is 8.27. The van der Waals surface area contributed by atoms with Crippen LogP contribution in [0.3, 0.4) is 0 Å². The van der Waals surface area contributed by atoms with Crippen molar-refractivity contribution in [2.45, 2.75) is 44.2 Å². The average Bonchev–Trinajstić information content (AvgIpc) is 3.31. The van der Waals surface area contributed by atoms with Crippen LogP contribution in [0.15, 0.2) is 30.3 Å². The van der Waals surface area contributed by atoms with Crippen molar-refractivity contribution >= 4 is 5.91 Å². The standard InChI is InChI=1S/C18H26N2O2/c1-14-12-22-15(2)10-20(14)11-17(21)19-13-18(8-9-18)16-6-4-3-5-7-16/h3-7,14-15H,8-13H2,1-2H3,(H,19,21). The first-order valence-corrected chi connectivity index (χ1v) is 8.27. The van der Waals surface area contributed by atoms with Gasteiger partial charge in [-0.1, -0.05) is 30.3 Å². The van der Waals surface area contributed by atoms with Crippen molar-refractivity contribution in [3.8, 4) is 0 Å². The highest BCUT2D eigenvalue weighted by Crippen LogP contribution is 2.47. The third-order valence-electron chi connectivity index (χ3n) is 4.95. The Morgan fingerprint density at radius 3 is 2.73 bits per heavy atom. The first-order chi connectivity index (χ1) is 10.6. The summed E-state index contributed by atoms with van der Waals surface area (Å²) >= 11 is 0. The summed E-state index contributed by atoms with van der Waals surface area (Å²) < 4.78 is 5.61. The summed E-state index contributed by atoms with van der Waals surface area (Å²) in [6.07, 6.45) is 2.55. The summed E-state index contributed by atoms with van der Waals surface area (Å²) in [4.78, 5) is 14.5. The van der Waals surface area contributed by atoms with Gasteiger partial charge in [0.25, 0.3) is 0 Å². The van der Waals surface area contributed by atoms with E-state index in [1.165, 1.54) is 18.4 Å². The molecular formula is C18H26N2O2. The molecule has 2 unspecified atom stereocenters. The molecule has 2 fully saturated rings. The minimum atomic E-state index is 0.128. The molecule has 1 aliphatic carbocycles. The van der Waals surface area contributed by atoms with Gasteiger partial charge in [0.2, 0.25) is 5.91 Å². The summed E-state index contributed by atoms with van der Waals surface area (Å²) in [5.74, 6) is 0.128. The van der Waals surface area contributed by atoms with Gasteiger partial charge in [0, 0.05) is 24.5 Å². The molecule has 1 aliphatic heterocycles. The van der Waals surface area contributed by atoms with E-state index in [4.69, 9.17) is 4.74 Å². The lowest BCUT2D eigenvalue weighted by atomic mass is 9.96. The number of hydrogen-bond acceptors (Lipinski definition) is 3. The van der Waals surface area contributed by atoms with Crippen LogP contribution in [0.5, 0.6) is 0 Å². The summed E-state index contributed by atoms with van der Waals surface area (Å²) in [5.41, 5.74) is 1.53. The second-order valence-electron chi connectivity index (χ2n) is 6.85. The highest BCUT2D eigenvalue weighted by atomic mass is 16.5. The number of nitrogens with zero attached hydrogens (tertiary/aromatic N) is 1. The minimum absolute atomic E-state index is 0.128. The molecule has 1 aromatic carbocycles. The zero-order chi connectivity index (χ0) is 15.6. The molecule has 120 valence electrons. The Hall–Kier alpha value is -1.39. The normalized spacial score (nSPS) is 27.4. The Morgan fingerprint density at radius 2 is 2.05 bits per heavy atom. The second-order valence-corrected chi connectivity index (χ2v) is 6.85.